The molecule has 0 aliphatic heterocycles. The maximum Gasteiger partial charge on any atom is 0.454 e. The summed E-state index contributed by atoms with van der Waals surface area (Å²) in [5, 5.41) is 3.68. The SMILES string of the molecule is CC(C)n1cc(C(=O)C(F)(F)F)c2cc(-c3ncno3)ccc21. The van der Waals surface area contributed by atoms with Crippen molar-refractivity contribution in [2.45, 2.75) is 26.1 Å². The number of ketones is 1. The van der Waals surface area contributed by atoms with Gasteiger partial charge in [0.2, 0.25) is 0 Å². The summed E-state index contributed by atoms with van der Waals surface area (Å²) in [5.41, 5.74) is 0.603. The molecular formula is C15H12F3N3O2. The van der Waals surface area contributed by atoms with Crippen LogP contribution in [0.15, 0.2) is 35.2 Å². The summed E-state index contributed by atoms with van der Waals surface area (Å²) in [5.74, 6) is -1.70. The largest absolute Gasteiger partial charge is 0.454 e. The Balaban J connectivity index is 2.26. The zero-order valence-corrected chi connectivity index (χ0v) is 12.3. The summed E-state index contributed by atoms with van der Waals surface area (Å²) >= 11 is 0. The number of benzene rings is 1. The van der Waals surface area contributed by atoms with E-state index in [1.807, 2.05) is 13.8 Å². The molecule has 0 radical (unpaired) electrons. The van der Waals surface area contributed by atoms with Crippen LogP contribution in [-0.4, -0.2) is 26.7 Å². The van der Waals surface area contributed by atoms with E-state index in [0.717, 1.165) is 0 Å². The van der Waals surface area contributed by atoms with E-state index >= 15 is 0 Å². The highest BCUT2D eigenvalue weighted by atomic mass is 19.4. The van der Waals surface area contributed by atoms with Gasteiger partial charge in [-0.05, 0) is 32.0 Å². The molecule has 0 unspecified atom stereocenters. The third kappa shape index (κ3) is 2.60. The van der Waals surface area contributed by atoms with Crippen LogP contribution in [0.3, 0.4) is 0 Å². The van der Waals surface area contributed by atoms with Crippen molar-refractivity contribution < 1.29 is 22.5 Å². The van der Waals surface area contributed by atoms with E-state index in [2.05, 4.69) is 10.1 Å². The van der Waals surface area contributed by atoms with Gasteiger partial charge in [0, 0.05) is 28.7 Å². The first-order chi connectivity index (χ1) is 10.8. The highest BCUT2D eigenvalue weighted by molar-refractivity contribution is 6.11. The van der Waals surface area contributed by atoms with Crippen LogP contribution < -0.4 is 0 Å². The van der Waals surface area contributed by atoms with Crippen molar-refractivity contribution in [3.05, 3.63) is 36.3 Å². The first kappa shape index (κ1) is 15.3. The van der Waals surface area contributed by atoms with Gasteiger partial charge in [0.05, 0.1) is 5.56 Å². The molecule has 0 aliphatic carbocycles. The number of Topliss-reactive ketones (excluding diaryl/α,β-unsaturated/α-hetero) is 1. The molecule has 0 saturated carbocycles. The lowest BCUT2D eigenvalue weighted by atomic mass is 10.1. The predicted octanol–water partition coefficient (Wildman–Crippen LogP) is 4.02. The third-order valence-corrected chi connectivity index (χ3v) is 3.50. The molecule has 3 rings (SSSR count). The highest BCUT2D eigenvalue weighted by Crippen LogP contribution is 2.32. The van der Waals surface area contributed by atoms with Crippen LogP contribution in [0.25, 0.3) is 22.4 Å². The van der Waals surface area contributed by atoms with Gasteiger partial charge in [-0.3, -0.25) is 4.79 Å². The summed E-state index contributed by atoms with van der Waals surface area (Å²) in [7, 11) is 0. The van der Waals surface area contributed by atoms with E-state index < -0.39 is 12.0 Å². The maximum atomic E-state index is 12.8. The van der Waals surface area contributed by atoms with Crippen LogP contribution >= 0.6 is 0 Å². The first-order valence-electron chi connectivity index (χ1n) is 6.82. The number of fused-ring (bicyclic) bond motifs is 1. The lowest BCUT2D eigenvalue weighted by Gasteiger charge is -2.08. The molecule has 0 atom stereocenters. The van der Waals surface area contributed by atoms with Crippen molar-refractivity contribution >= 4 is 16.7 Å². The minimum atomic E-state index is -4.93. The molecule has 2 aromatic heterocycles. The first-order valence-corrected chi connectivity index (χ1v) is 6.82. The molecule has 8 heteroatoms. The molecule has 0 saturated heterocycles. The topological polar surface area (TPSA) is 60.9 Å². The molecule has 5 nitrogen and oxygen atoms in total. The van der Waals surface area contributed by atoms with Gasteiger partial charge < -0.3 is 9.09 Å². The van der Waals surface area contributed by atoms with E-state index in [9.17, 15) is 18.0 Å². The number of alkyl halides is 3. The maximum absolute atomic E-state index is 12.8. The average Bonchev–Trinajstić information content (AvgIpc) is 3.12. The Bertz CT molecular complexity index is 864. The molecular weight excluding hydrogens is 311 g/mol. The van der Waals surface area contributed by atoms with E-state index in [0.29, 0.717) is 11.1 Å². The highest BCUT2D eigenvalue weighted by Gasteiger charge is 2.41. The van der Waals surface area contributed by atoms with Crippen LogP contribution in [0.4, 0.5) is 13.2 Å². The van der Waals surface area contributed by atoms with E-state index in [4.69, 9.17) is 4.52 Å². The van der Waals surface area contributed by atoms with Gasteiger partial charge in [0.25, 0.3) is 11.7 Å². The fourth-order valence-electron chi connectivity index (χ4n) is 2.45. The van der Waals surface area contributed by atoms with Gasteiger partial charge in [-0.15, -0.1) is 0 Å². The Kier molecular flexibility index (Phi) is 3.46. The fourth-order valence-corrected chi connectivity index (χ4v) is 2.45. The quantitative estimate of drug-likeness (QED) is 0.683. The molecule has 0 N–H and O–H groups in total. The summed E-state index contributed by atoms with van der Waals surface area (Å²) < 4.78 is 45.1. The second kappa shape index (κ2) is 5.22. The molecule has 0 aliphatic rings. The van der Waals surface area contributed by atoms with Crippen molar-refractivity contribution in [2.24, 2.45) is 0 Å². The number of rotatable bonds is 3. The van der Waals surface area contributed by atoms with Gasteiger partial charge in [0.1, 0.15) is 0 Å². The van der Waals surface area contributed by atoms with Crippen molar-refractivity contribution in [3.8, 4) is 11.5 Å². The molecule has 120 valence electrons. The number of halogens is 3. The Morgan fingerprint density at radius 1 is 1.30 bits per heavy atom. The van der Waals surface area contributed by atoms with Crippen molar-refractivity contribution in [1.29, 1.82) is 0 Å². The second-order valence-electron chi connectivity index (χ2n) is 5.35. The van der Waals surface area contributed by atoms with E-state index in [-0.39, 0.29) is 22.9 Å². The van der Waals surface area contributed by atoms with Crippen LogP contribution in [-0.2, 0) is 0 Å². The van der Waals surface area contributed by atoms with Gasteiger partial charge in [0.15, 0.2) is 6.33 Å². The van der Waals surface area contributed by atoms with Crippen LogP contribution in [0.5, 0.6) is 0 Å². The third-order valence-electron chi connectivity index (χ3n) is 3.50. The standard InChI is InChI=1S/C15H12F3N3O2/c1-8(2)21-6-11(13(22)15(16,17)18)10-5-9(3-4-12(10)21)14-19-7-20-23-14/h3-8H,1-2H3. The number of nitrogens with zero attached hydrogens (tertiary/aromatic N) is 3. The monoisotopic (exact) mass is 323 g/mol. The van der Waals surface area contributed by atoms with Crippen LogP contribution in [0.1, 0.15) is 30.2 Å². The lowest BCUT2D eigenvalue weighted by molar-refractivity contribution is -0.0884. The van der Waals surface area contributed by atoms with Crippen molar-refractivity contribution in [2.75, 3.05) is 0 Å². The Morgan fingerprint density at radius 3 is 2.61 bits per heavy atom. The van der Waals surface area contributed by atoms with Crippen LogP contribution in [0, 0.1) is 0 Å². The number of hydrogen-bond donors (Lipinski definition) is 0. The molecule has 0 amide bonds. The fraction of sp³-hybridized carbons (Fsp3) is 0.267. The lowest BCUT2D eigenvalue weighted by Crippen LogP contribution is -2.22. The molecule has 0 bridgehead atoms. The van der Waals surface area contributed by atoms with Gasteiger partial charge >= 0.3 is 6.18 Å². The smallest absolute Gasteiger partial charge is 0.344 e. The average molecular weight is 323 g/mol. The number of carbonyl (C=O) groups excluding carboxylic acids is 1. The zero-order chi connectivity index (χ0) is 16.8. The van der Waals surface area contributed by atoms with Crippen molar-refractivity contribution in [1.82, 2.24) is 14.7 Å². The molecule has 0 spiro atoms. The van der Waals surface area contributed by atoms with Gasteiger partial charge in [-0.25, -0.2) is 0 Å². The molecule has 23 heavy (non-hydrogen) atoms. The van der Waals surface area contributed by atoms with E-state index in [1.165, 1.54) is 18.6 Å². The summed E-state index contributed by atoms with van der Waals surface area (Å²) in [6.07, 6.45) is -2.50. The van der Waals surface area contributed by atoms with Crippen molar-refractivity contribution in [3.63, 3.8) is 0 Å². The summed E-state index contributed by atoms with van der Waals surface area (Å²) in [6.45, 7) is 3.65. The minimum absolute atomic E-state index is 0.0958. The zero-order valence-electron chi connectivity index (χ0n) is 12.3. The molecule has 1 aromatic carbocycles. The Labute approximate surface area is 128 Å². The number of carbonyl (C=O) groups is 1. The molecule has 2 heterocycles. The minimum Gasteiger partial charge on any atom is -0.344 e. The Hall–Kier alpha value is -2.64. The molecule has 0 fully saturated rings. The summed E-state index contributed by atoms with van der Waals surface area (Å²) in [6, 6.07) is 4.67. The van der Waals surface area contributed by atoms with Crippen LogP contribution in [0.2, 0.25) is 0 Å². The van der Waals surface area contributed by atoms with Gasteiger partial charge in [-0.2, -0.15) is 18.2 Å². The summed E-state index contributed by atoms with van der Waals surface area (Å²) in [4.78, 5) is 15.6. The predicted molar refractivity (Wildman–Crippen MR) is 76.0 cm³/mol. The molecule has 3 aromatic rings. The second-order valence-corrected chi connectivity index (χ2v) is 5.35. The number of aromatic nitrogens is 3. The van der Waals surface area contributed by atoms with E-state index in [1.54, 1.807) is 16.7 Å². The normalized spacial score (nSPS) is 12.3. The Morgan fingerprint density at radius 2 is 2.04 bits per heavy atom. The van der Waals surface area contributed by atoms with Gasteiger partial charge in [-0.1, -0.05) is 5.16 Å². The number of hydrogen-bond acceptors (Lipinski definition) is 4.